The Morgan fingerprint density at radius 3 is 2.59 bits per heavy atom. The van der Waals surface area contributed by atoms with E-state index in [-0.39, 0.29) is 46.9 Å². The molecule has 37 heavy (non-hydrogen) atoms. The van der Waals surface area contributed by atoms with E-state index in [0.29, 0.717) is 42.8 Å². The van der Waals surface area contributed by atoms with Crippen LogP contribution in [0.25, 0.3) is 0 Å². The Labute approximate surface area is 222 Å². The number of nitrogens with one attached hydrogen (secondary N) is 2. The lowest BCUT2D eigenvalue weighted by Gasteiger charge is -2.36. The number of morpholine rings is 1. The molecule has 0 radical (unpaired) electrons. The van der Waals surface area contributed by atoms with Crippen LogP contribution in [0.4, 0.5) is 17.1 Å². The van der Waals surface area contributed by atoms with Crippen LogP contribution in [0.3, 0.4) is 0 Å². The maximum atomic E-state index is 13.8. The van der Waals surface area contributed by atoms with Crippen molar-refractivity contribution in [2.75, 3.05) is 44.0 Å². The monoisotopic (exact) mass is 572 g/mol. The van der Waals surface area contributed by atoms with E-state index < -0.39 is 4.92 Å². The molecule has 3 aliphatic heterocycles. The summed E-state index contributed by atoms with van der Waals surface area (Å²) >= 11 is 3.35. The molecule has 0 spiro atoms. The molecule has 11 nitrogen and oxygen atoms in total. The standard InChI is InChI=1S/C25H29BrN6O5/c1-27-18-7-15(10-28-11-18)24(33)30-6-2-3-17(12-30)29-23-21(8-16(26)9-22(23)32(35)36)25(34)31-19-4-5-20(31)14-37-13-19/h7-11,17,19-20,27,29H,2-6,12-14H2,1H3/t17-,19?,20?/m1/s1. The minimum absolute atomic E-state index is 0.0260. The zero-order valence-corrected chi connectivity index (χ0v) is 22.1. The van der Waals surface area contributed by atoms with E-state index in [1.165, 1.54) is 12.3 Å². The van der Waals surface area contributed by atoms with Gasteiger partial charge in [0.1, 0.15) is 5.69 Å². The van der Waals surface area contributed by atoms with Gasteiger partial charge in [0.05, 0.1) is 47.0 Å². The highest BCUT2D eigenvalue weighted by Gasteiger charge is 2.42. The summed E-state index contributed by atoms with van der Waals surface area (Å²) in [4.78, 5) is 46.2. The smallest absolute Gasteiger partial charge is 0.294 e. The molecular weight excluding hydrogens is 544 g/mol. The third-order valence-corrected chi connectivity index (χ3v) is 7.77. The summed E-state index contributed by atoms with van der Waals surface area (Å²) in [6.07, 6.45) is 6.33. The fourth-order valence-electron chi connectivity index (χ4n) is 5.52. The highest BCUT2D eigenvalue weighted by atomic mass is 79.9. The van der Waals surface area contributed by atoms with Crippen LogP contribution in [0, 0.1) is 10.1 Å². The van der Waals surface area contributed by atoms with E-state index in [0.717, 1.165) is 24.9 Å². The van der Waals surface area contributed by atoms with Gasteiger partial charge >= 0.3 is 0 Å². The summed E-state index contributed by atoms with van der Waals surface area (Å²) in [6, 6.07) is 4.50. The van der Waals surface area contributed by atoms with E-state index >= 15 is 0 Å². The van der Waals surface area contributed by atoms with E-state index in [9.17, 15) is 19.7 Å². The first-order valence-electron chi connectivity index (χ1n) is 12.4. The molecule has 1 aromatic carbocycles. The zero-order chi connectivity index (χ0) is 26.1. The minimum Gasteiger partial charge on any atom is -0.387 e. The molecule has 3 saturated heterocycles. The Morgan fingerprint density at radius 2 is 1.89 bits per heavy atom. The molecule has 0 aliphatic carbocycles. The lowest BCUT2D eigenvalue weighted by atomic mass is 10.0. The van der Waals surface area contributed by atoms with Gasteiger partial charge in [0.2, 0.25) is 0 Å². The fourth-order valence-corrected chi connectivity index (χ4v) is 5.96. The van der Waals surface area contributed by atoms with Gasteiger partial charge in [-0.2, -0.15) is 0 Å². The highest BCUT2D eigenvalue weighted by Crippen LogP contribution is 2.38. The van der Waals surface area contributed by atoms with Crippen LogP contribution in [0.5, 0.6) is 0 Å². The number of ether oxygens (including phenoxy) is 1. The molecule has 2 unspecified atom stereocenters. The number of carbonyl (C=O) groups excluding carboxylic acids is 2. The number of rotatable bonds is 6. The maximum Gasteiger partial charge on any atom is 0.294 e. The van der Waals surface area contributed by atoms with Gasteiger partial charge in [-0.1, -0.05) is 15.9 Å². The Hall–Kier alpha value is -3.25. The summed E-state index contributed by atoms with van der Waals surface area (Å²) in [5.74, 6) is -0.385. The molecule has 3 fully saturated rings. The summed E-state index contributed by atoms with van der Waals surface area (Å²) in [6.45, 7) is 1.88. The van der Waals surface area contributed by atoms with Crippen molar-refractivity contribution in [3.63, 3.8) is 0 Å². The predicted molar refractivity (Wildman–Crippen MR) is 141 cm³/mol. The number of nitrogens with zero attached hydrogens (tertiary/aromatic N) is 4. The Morgan fingerprint density at radius 1 is 1.14 bits per heavy atom. The lowest BCUT2D eigenvalue weighted by Crippen LogP contribution is -2.49. The number of likely N-dealkylation sites (tertiary alicyclic amines) is 1. The number of halogens is 1. The summed E-state index contributed by atoms with van der Waals surface area (Å²) in [7, 11) is 1.76. The maximum absolute atomic E-state index is 13.8. The molecular formula is C25H29BrN6O5. The van der Waals surface area contributed by atoms with Crippen LogP contribution in [-0.4, -0.2) is 83.0 Å². The van der Waals surface area contributed by atoms with E-state index in [2.05, 4.69) is 31.5 Å². The SMILES string of the molecule is CNc1cncc(C(=O)N2CCC[C@@H](Nc3c(C(=O)N4C5CCC4COC5)cc(Br)cc3[N+](=O)[O-])C2)c1. The molecule has 1 aromatic heterocycles. The minimum atomic E-state index is -0.474. The molecule has 196 valence electrons. The molecule has 0 saturated carbocycles. The number of nitro groups is 1. The van der Waals surface area contributed by atoms with Gasteiger partial charge in [-0.3, -0.25) is 24.7 Å². The van der Waals surface area contributed by atoms with Crippen LogP contribution in [0.15, 0.2) is 35.1 Å². The number of pyridine rings is 1. The summed E-state index contributed by atoms with van der Waals surface area (Å²) in [5.41, 5.74) is 1.49. The molecule has 4 heterocycles. The van der Waals surface area contributed by atoms with Crippen molar-refractivity contribution < 1.29 is 19.2 Å². The van der Waals surface area contributed by atoms with Crippen LogP contribution in [0.2, 0.25) is 0 Å². The van der Waals surface area contributed by atoms with Crippen molar-refractivity contribution >= 4 is 44.8 Å². The molecule has 2 amide bonds. The third kappa shape index (κ3) is 5.12. The Balaban J connectivity index is 1.42. The van der Waals surface area contributed by atoms with Crippen LogP contribution >= 0.6 is 15.9 Å². The number of hydrogen-bond acceptors (Lipinski definition) is 8. The average molecular weight is 573 g/mol. The first-order valence-corrected chi connectivity index (χ1v) is 13.2. The Kier molecular flexibility index (Phi) is 7.29. The number of hydrogen-bond donors (Lipinski definition) is 2. The van der Waals surface area contributed by atoms with E-state index in [1.54, 1.807) is 30.3 Å². The van der Waals surface area contributed by atoms with Gasteiger partial charge < -0.3 is 25.2 Å². The second-order valence-corrected chi connectivity index (χ2v) is 10.6. The van der Waals surface area contributed by atoms with Crippen LogP contribution in [-0.2, 0) is 4.74 Å². The highest BCUT2D eigenvalue weighted by molar-refractivity contribution is 9.10. The van der Waals surface area contributed by atoms with Crippen molar-refractivity contribution in [3.05, 3.63) is 56.3 Å². The third-order valence-electron chi connectivity index (χ3n) is 7.32. The van der Waals surface area contributed by atoms with E-state index in [1.807, 2.05) is 4.90 Å². The summed E-state index contributed by atoms with van der Waals surface area (Å²) in [5, 5.41) is 18.3. The molecule has 2 aromatic rings. The number of fused-ring (bicyclic) bond motifs is 2. The molecule has 5 rings (SSSR count). The van der Waals surface area contributed by atoms with Crippen molar-refractivity contribution in [1.29, 1.82) is 0 Å². The lowest BCUT2D eigenvalue weighted by molar-refractivity contribution is -0.384. The van der Waals surface area contributed by atoms with Gasteiger partial charge in [0.25, 0.3) is 17.5 Å². The number of anilines is 2. The van der Waals surface area contributed by atoms with Gasteiger partial charge in [0.15, 0.2) is 0 Å². The largest absolute Gasteiger partial charge is 0.387 e. The molecule has 12 heteroatoms. The molecule has 2 bridgehead atoms. The zero-order valence-electron chi connectivity index (χ0n) is 20.5. The normalized spacial score (nSPS) is 23.0. The number of benzene rings is 1. The fraction of sp³-hybridized carbons (Fsp3) is 0.480. The van der Waals surface area contributed by atoms with Gasteiger partial charge in [-0.05, 0) is 37.8 Å². The second-order valence-electron chi connectivity index (χ2n) is 9.69. The predicted octanol–water partition coefficient (Wildman–Crippen LogP) is 3.51. The van der Waals surface area contributed by atoms with Gasteiger partial charge in [-0.25, -0.2) is 0 Å². The molecule has 2 N–H and O–H groups in total. The molecule has 3 aliphatic rings. The van der Waals surface area contributed by atoms with Gasteiger partial charge in [0, 0.05) is 49.1 Å². The average Bonchev–Trinajstić information content (AvgIpc) is 3.16. The number of amides is 2. The topological polar surface area (TPSA) is 130 Å². The van der Waals surface area contributed by atoms with Crippen molar-refractivity contribution in [2.45, 2.75) is 43.8 Å². The first-order chi connectivity index (χ1) is 17.9. The van der Waals surface area contributed by atoms with E-state index in [4.69, 9.17) is 4.74 Å². The van der Waals surface area contributed by atoms with Gasteiger partial charge in [-0.15, -0.1) is 0 Å². The van der Waals surface area contributed by atoms with Crippen molar-refractivity contribution in [1.82, 2.24) is 14.8 Å². The number of carbonyl (C=O) groups is 2. The second kappa shape index (κ2) is 10.6. The van der Waals surface area contributed by atoms with Crippen molar-refractivity contribution in [3.8, 4) is 0 Å². The quantitative estimate of drug-likeness (QED) is 0.397. The van der Waals surface area contributed by atoms with Crippen LogP contribution in [0.1, 0.15) is 46.4 Å². The number of aromatic nitrogens is 1. The number of piperidine rings is 1. The Bertz CT molecular complexity index is 1210. The summed E-state index contributed by atoms with van der Waals surface area (Å²) < 4.78 is 6.09. The number of nitro benzene ring substituents is 1. The van der Waals surface area contributed by atoms with Crippen LogP contribution < -0.4 is 10.6 Å². The van der Waals surface area contributed by atoms with Crippen molar-refractivity contribution in [2.24, 2.45) is 0 Å². The first kappa shape index (κ1) is 25.4. The molecule has 3 atom stereocenters.